The van der Waals surface area contributed by atoms with Gasteiger partial charge in [0, 0.05) is 24.3 Å². The zero-order valence-electron chi connectivity index (χ0n) is 11.1. The van der Waals surface area contributed by atoms with Gasteiger partial charge in [-0.1, -0.05) is 0 Å². The molecule has 21 heavy (non-hydrogen) atoms. The lowest BCUT2D eigenvalue weighted by molar-refractivity contribution is 0.480. The first-order valence-electron chi connectivity index (χ1n) is 6.04. The fourth-order valence-electron chi connectivity index (χ4n) is 1.79. The van der Waals surface area contributed by atoms with E-state index in [4.69, 9.17) is 5.73 Å². The number of rotatable bonds is 5. The monoisotopic (exact) mass is 316 g/mol. The number of H-pyrrole nitrogens is 1. The number of nitrogens with two attached hydrogens (primary N) is 1. The van der Waals surface area contributed by atoms with Crippen molar-refractivity contribution in [3.63, 3.8) is 0 Å². The van der Waals surface area contributed by atoms with Crippen molar-refractivity contribution in [2.24, 2.45) is 5.73 Å². The van der Waals surface area contributed by atoms with Crippen LogP contribution >= 0.6 is 0 Å². The number of halogens is 2. The van der Waals surface area contributed by atoms with Crippen molar-refractivity contribution in [1.29, 1.82) is 0 Å². The first kappa shape index (κ1) is 15.5. The van der Waals surface area contributed by atoms with Gasteiger partial charge in [-0.2, -0.15) is 5.10 Å². The summed E-state index contributed by atoms with van der Waals surface area (Å²) < 4.78 is 53.8. The quantitative estimate of drug-likeness (QED) is 0.771. The summed E-state index contributed by atoms with van der Waals surface area (Å²) in [6.45, 7) is 1.46. The van der Waals surface area contributed by atoms with E-state index < -0.39 is 32.6 Å². The second kappa shape index (κ2) is 5.88. The Morgan fingerprint density at radius 2 is 2.14 bits per heavy atom. The molecule has 114 valence electrons. The third-order valence-corrected chi connectivity index (χ3v) is 4.47. The van der Waals surface area contributed by atoms with Crippen molar-refractivity contribution in [3.05, 3.63) is 47.3 Å². The summed E-state index contributed by atoms with van der Waals surface area (Å²) in [5, 5.41) is 6.23. The molecule has 0 fully saturated rings. The molecule has 0 saturated carbocycles. The average Bonchev–Trinajstić information content (AvgIpc) is 2.95. The molecule has 0 amide bonds. The second-order valence-corrected chi connectivity index (χ2v) is 6.15. The summed E-state index contributed by atoms with van der Waals surface area (Å²) in [7, 11) is -4.23. The Hall–Kier alpha value is -1.84. The lowest BCUT2D eigenvalue weighted by Crippen LogP contribution is -2.28. The third kappa shape index (κ3) is 3.26. The van der Waals surface area contributed by atoms with Gasteiger partial charge in [0.2, 0.25) is 10.0 Å². The number of sulfonamides is 1. The van der Waals surface area contributed by atoms with Gasteiger partial charge in [0.15, 0.2) is 11.6 Å². The van der Waals surface area contributed by atoms with Crippen LogP contribution in [0.3, 0.4) is 0 Å². The number of nitrogens with zero attached hydrogens (tertiary/aromatic N) is 1. The minimum Gasteiger partial charge on any atom is -0.326 e. The van der Waals surface area contributed by atoms with E-state index in [0.29, 0.717) is 5.56 Å². The van der Waals surface area contributed by atoms with Crippen LogP contribution in [0.15, 0.2) is 29.4 Å². The number of aromatic amines is 1. The van der Waals surface area contributed by atoms with Crippen LogP contribution in [-0.2, 0) is 16.6 Å². The normalized spacial score (nSPS) is 13.3. The maximum absolute atomic E-state index is 13.8. The maximum atomic E-state index is 13.8. The molecule has 0 aliphatic heterocycles. The molecule has 0 bridgehead atoms. The number of benzene rings is 1. The number of nitrogens with one attached hydrogen (secondary N) is 2. The standard InChI is InChI=1S/C12H14F2N4O2S/c1-7(9-5-16-17-6-9)18-21(19,20)11-3-8(4-15)2-10(13)12(11)14/h2-3,5-7,18H,4,15H2,1H3,(H,16,17). The topological polar surface area (TPSA) is 101 Å². The largest absolute Gasteiger partial charge is 0.326 e. The zero-order chi connectivity index (χ0) is 15.6. The Morgan fingerprint density at radius 3 is 2.71 bits per heavy atom. The fourth-order valence-corrected chi connectivity index (χ4v) is 3.16. The Kier molecular flexibility index (Phi) is 4.35. The summed E-state index contributed by atoms with van der Waals surface area (Å²) >= 11 is 0. The molecular formula is C12H14F2N4O2S. The van der Waals surface area contributed by atoms with Gasteiger partial charge in [0.25, 0.3) is 0 Å². The molecule has 1 aromatic carbocycles. The predicted octanol–water partition coefficient (Wildman–Crippen LogP) is 1.19. The highest BCUT2D eigenvalue weighted by Gasteiger charge is 2.25. The average molecular weight is 316 g/mol. The molecule has 1 aromatic heterocycles. The highest BCUT2D eigenvalue weighted by Crippen LogP contribution is 2.22. The van der Waals surface area contributed by atoms with Crippen LogP contribution in [0, 0.1) is 11.6 Å². The van der Waals surface area contributed by atoms with Crippen molar-refractivity contribution >= 4 is 10.0 Å². The summed E-state index contributed by atoms with van der Waals surface area (Å²) in [6.07, 6.45) is 2.93. The molecular weight excluding hydrogens is 302 g/mol. The summed E-state index contributed by atoms with van der Waals surface area (Å²) in [5.74, 6) is -2.69. The van der Waals surface area contributed by atoms with Crippen LogP contribution in [0.1, 0.15) is 24.1 Å². The molecule has 0 radical (unpaired) electrons. The van der Waals surface area contributed by atoms with Gasteiger partial charge in [0.1, 0.15) is 4.90 Å². The second-order valence-electron chi connectivity index (χ2n) is 4.47. The molecule has 0 aliphatic rings. The first-order chi connectivity index (χ1) is 9.85. The van der Waals surface area contributed by atoms with Crippen LogP contribution in [0.2, 0.25) is 0 Å². The van der Waals surface area contributed by atoms with Crippen molar-refractivity contribution in [2.75, 3.05) is 0 Å². The molecule has 0 saturated heterocycles. The Balaban J connectivity index is 2.38. The van der Waals surface area contributed by atoms with Crippen LogP contribution in [0.5, 0.6) is 0 Å². The Morgan fingerprint density at radius 1 is 1.43 bits per heavy atom. The van der Waals surface area contributed by atoms with Crippen molar-refractivity contribution < 1.29 is 17.2 Å². The Bertz CT molecular complexity index is 732. The SMILES string of the molecule is CC(NS(=O)(=O)c1cc(CN)cc(F)c1F)c1cn[nH]c1. The van der Waals surface area contributed by atoms with E-state index in [1.165, 1.54) is 12.4 Å². The maximum Gasteiger partial charge on any atom is 0.244 e. The molecule has 0 spiro atoms. The third-order valence-electron chi connectivity index (χ3n) is 2.93. The molecule has 9 heteroatoms. The molecule has 1 unspecified atom stereocenters. The van der Waals surface area contributed by atoms with Crippen LogP contribution in [0.25, 0.3) is 0 Å². The van der Waals surface area contributed by atoms with Gasteiger partial charge in [-0.15, -0.1) is 0 Å². The van der Waals surface area contributed by atoms with E-state index in [1.54, 1.807) is 6.92 Å². The lowest BCUT2D eigenvalue weighted by Gasteiger charge is -2.14. The van der Waals surface area contributed by atoms with Crippen LogP contribution in [-0.4, -0.2) is 18.6 Å². The number of aromatic nitrogens is 2. The molecule has 2 rings (SSSR count). The highest BCUT2D eigenvalue weighted by molar-refractivity contribution is 7.89. The summed E-state index contributed by atoms with van der Waals surface area (Å²) in [4.78, 5) is -0.765. The van der Waals surface area contributed by atoms with Gasteiger partial charge in [0.05, 0.1) is 6.20 Å². The van der Waals surface area contributed by atoms with Crippen molar-refractivity contribution in [2.45, 2.75) is 24.4 Å². The van der Waals surface area contributed by atoms with Crippen LogP contribution in [0.4, 0.5) is 8.78 Å². The minimum atomic E-state index is -4.23. The fraction of sp³-hybridized carbons (Fsp3) is 0.250. The smallest absolute Gasteiger partial charge is 0.244 e. The first-order valence-corrected chi connectivity index (χ1v) is 7.52. The van der Waals surface area contributed by atoms with E-state index in [0.717, 1.165) is 12.1 Å². The van der Waals surface area contributed by atoms with Crippen molar-refractivity contribution in [1.82, 2.24) is 14.9 Å². The highest BCUT2D eigenvalue weighted by atomic mass is 32.2. The molecule has 2 aromatic rings. The van der Waals surface area contributed by atoms with Crippen LogP contribution < -0.4 is 10.5 Å². The number of hydrogen-bond acceptors (Lipinski definition) is 4. The van der Waals surface area contributed by atoms with Gasteiger partial charge in [-0.3, -0.25) is 5.10 Å². The molecule has 1 atom stereocenters. The summed E-state index contributed by atoms with van der Waals surface area (Å²) in [5.41, 5.74) is 6.09. The van der Waals surface area contributed by atoms with Gasteiger partial charge in [-0.05, 0) is 24.6 Å². The molecule has 0 aliphatic carbocycles. The van der Waals surface area contributed by atoms with Crippen molar-refractivity contribution in [3.8, 4) is 0 Å². The molecule has 1 heterocycles. The molecule has 4 N–H and O–H groups in total. The molecule has 6 nitrogen and oxygen atoms in total. The van der Waals surface area contributed by atoms with Gasteiger partial charge >= 0.3 is 0 Å². The summed E-state index contributed by atoms with van der Waals surface area (Å²) in [6, 6.07) is 1.23. The lowest BCUT2D eigenvalue weighted by atomic mass is 10.2. The van der Waals surface area contributed by atoms with Gasteiger partial charge in [-0.25, -0.2) is 21.9 Å². The van der Waals surface area contributed by atoms with E-state index in [-0.39, 0.29) is 12.1 Å². The van der Waals surface area contributed by atoms with E-state index in [9.17, 15) is 17.2 Å². The minimum absolute atomic E-state index is 0.100. The van der Waals surface area contributed by atoms with E-state index >= 15 is 0 Å². The van der Waals surface area contributed by atoms with E-state index in [1.807, 2.05) is 0 Å². The Labute approximate surface area is 120 Å². The van der Waals surface area contributed by atoms with Gasteiger partial charge < -0.3 is 5.73 Å². The zero-order valence-corrected chi connectivity index (χ0v) is 11.9. The predicted molar refractivity (Wildman–Crippen MR) is 71.6 cm³/mol. The number of hydrogen-bond donors (Lipinski definition) is 3. The van der Waals surface area contributed by atoms with E-state index in [2.05, 4.69) is 14.9 Å².